The molecule has 3 N–H and O–H groups in total. The van der Waals surface area contributed by atoms with Crippen LogP contribution in [0.2, 0.25) is 0 Å². The minimum atomic E-state index is -0.628. The van der Waals surface area contributed by atoms with E-state index < -0.39 is 12.0 Å². The molecule has 0 saturated carbocycles. The number of carbonyl (C=O) groups is 1. The van der Waals surface area contributed by atoms with E-state index >= 15 is 0 Å². The molecule has 3 rings (SSSR count). The zero-order valence-corrected chi connectivity index (χ0v) is 18.9. The Hall–Kier alpha value is -3.42. The maximum Gasteiger partial charge on any atom is 0.250 e. The Kier molecular flexibility index (Phi) is 9.23. The molecule has 33 heavy (non-hydrogen) atoms. The molecule has 7 heteroatoms. The molecule has 2 aromatic carbocycles. The normalized spacial score (nSPS) is 11.8. The second kappa shape index (κ2) is 12.6. The number of hydrogen-bond donors (Lipinski definition) is 2. The molecule has 0 aliphatic rings. The third-order valence-corrected chi connectivity index (χ3v) is 5.13. The van der Waals surface area contributed by atoms with Crippen molar-refractivity contribution in [3.8, 4) is 11.6 Å². The predicted octanol–water partition coefficient (Wildman–Crippen LogP) is 3.20. The summed E-state index contributed by atoms with van der Waals surface area (Å²) in [5, 5.41) is 10.6. The monoisotopic (exact) mass is 449 g/mol. The van der Waals surface area contributed by atoms with Gasteiger partial charge in [-0.3, -0.25) is 9.69 Å². The zero-order chi connectivity index (χ0) is 23.5. The van der Waals surface area contributed by atoms with Crippen molar-refractivity contribution in [2.75, 3.05) is 26.3 Å². The van der Waals surface area contributed by atoms with Crippen molar-refractivity contribution in [1.82, 2.24) is 9.88 Å². The van der Waals surface area contributed by atoms with Gasteiger partial charge in [0.25, 0.3) is 0 Å². The molecule has 7 nitrogen and oxygen atoms in total. The fraction of sp³-hybridized carbons (Fsp3) is 0.308. The second-order valence-electron chi connectivity index (χ2n) is 7.90. The molecule has 0 aliphatic carbocycles. The van der Waals surface area contributed by atoms with E-state index in [1.54, 1.807) is 12.1 Å². The molecule has 0 fully saturated rings. The largest absolute Gasteiger partial charge is 0.491 e. The van der Waals surface area contributed by atoms with Crippen molar-refractivity contribution in [2.45, 2.75) is 26.0 Å². The maximum atomic E-state index is 11.1. The molecular weight excluding hydrogens is 418 g/mol. The summed E-state index contributed by atoms with van der Waals surface area (Å²) in [7, 11) is 0. The molecular formula is C26H31N3O4. The summed E-state index contributed by atoms with van der Waals surface area (Å²) >= 11 is 0. The fourth-order valence-corrected chi connectivity index (χ4v) is 3.41. The van der Waals surface area contributed by atoms with Crippen LogP contribution in [-0.2, 0) is 6.54 Å². The number of rotatable bonds is 13. The van der Waals surface area contributed by atoms with Crippen LogP contribution in [0.3, 0.4) is 0 Å². The zero-order valence-electron chi connectivity index (χ0n) is 18.9. The van der Waals surface area contributed by atoms with E-state index in [1.807, 2.05) is 49.4 Å². The molecule has 1 aromatic heterocycles. The minimum Gasteiger partial charge on any atom is -0.491 e. The van der Waals surface area contributed by atoms with E-state index in [0.717, 1.165) is 24.3 Å². The fourth-order valence-electron chi connectivity index (χ4n) is 3.41. The van der Waals surface area contributed by atoms with Crippen LogP contribution < -0.4 is 15.2 Å². The molecule has 0 bridgehead atoms. The standard InChI is InChI=1S/C26H31N3O4/c1-20-8-5-6-11-24(20)33-19-23(30)18-29(17-21-9-3-2-4-10-21)14-7-15-32-25-13-12-22(16-28-25)26(27)31/h2-6,8-13,16,23,30H,7,14-15,17-19H2,1H3,(H2,27,31). The quantitative estimate of drug-likeness (QED) is 0.389. The summed E-state index contributed by atoms with van der Waals surface area (Å²) in [6, 6.07) is 21.2. The molecule has 1 unspecified atom stereocenters. The Labute approximate surface area is 194 Å². The van der Waals surface area contributed by atoms with Gasteiger partial charge in [0, 0.05) is 31.9 Å². The summed E-state index contributed by atoms with van der Waals surface area (Å²) in [6.07, 6.45) is 1.53. The minimum absolute atomic E-state index is 0.225. The lowest BCUT2D eigenvalue weighted by Gasteiger charge is -2.25. The van der Waals surface area contributed by atoms with Gasteiger partial charge in [0.1, 0.15) is 18.5 Å². The Morgan fingerprint density at radius 3 is 2.52 bits per heavy atom. The number of amides is 1. The number of benzene rings is 2. The van der Waals surface area contributed by atoms with Crippen molar-refractivity contribution >= 4 is 5.91 Å². The van der Waals surface area contributed by atoms with E-state index in [9.17, 15) is 9.90 Å². The number of para-hydroxylation sites is 1. The summed E-state index contributed by atoms with van der Waals surface area (Å²) in [5.41, 5.74) is 7.79. The van der Waals surface area contributed by atoms with Gasteiger partial charge < -0.3 is 20.3 Å². The van der Waals surface area contributed by atoms with Gasteiger partial charge >= 0.3 is 0 Å². The number of nitrogens with zero attached hydrogens (tertiary/aromatic N) is 2. The number of aliphatic hydroxyl groups excluding tert-OH is 1. The molecule has 1 heterocycles. The molecule has 0 radical (unpaired) electrons. The van der Waals surface area contributed by atoms with Crippen molar-refractivity contribution in [3.05, 3.63) is 89.6 Å². The topological polar surface area (TPSA) is 97.9 Å². The molecule has 1 atom stereocenters. The highest BCUT2D eigenvalue weighted by Crippen LogP contribution is 2.16. The molecule has 0 spiro atoms. The maximum absolute atomic E-state index is 11.1. The average Bonchev–Trinajstić information content (AvgIpc) is 2.82. The number of nitrogens with two attached hydrogens (primary N) is 1. The van der Waals surface area contributed by atoms with Crippen LogP contribution >= 0.6 is 0 Å². The Balaban J connectivity index is 1.50. The number of aliphatic hydroxyl groups is 1. The second-order valence-corrected chi connectivity index (χ2v) is 7.90. The predicted molar refractivity (Wildman–Crippen MR) is 127 cm³/mol. The van der Waals surface area contributed by atoms with E-state index in [1.165, 1.54) is 11.8 Å². The summed E-state index contributed by atoms with van der Waals surface area (Å²) < 4.78 is 11.5. The summed E-state index contributed by atoms with van der Waals surface area (Å²) in [6.45, 7) is 4.60. The number of carbonyl (C=O) groups excluding carboxylic acids is 1. The Morgan fingerprint density at radius 1 is 1.06 bits per heavy atom. The van der Waals surface area contributed by atoms with E-state index in [0.29, 0.717) is 31.1 Å². The number of hydrogen-bond acceptors (Lipinski definition) is 6. The van der Waals surface area contributed by atoms with Crippen LogP contribution in [0, 0.1) is 6.92 Å². The van der Waals surface area contributed by atoms with Crippen LogP contribution in [-0.4, -0.2) is 53.3 Å². The number of aryl methyl sites for hydroxylation is 1. The first-order chi connectivity index (χ1) is 16.0. The van der Waals surface area contributed by atoms with E-state index in [-0.39, 0.29) is 6.61 Å². The molecule has 1 amide bonds. The first kappa shape index (κ1) is 24.2. The first-order valence-corrected chi connectivity index (χ1v) is 11.0. The Morgan fingerprint density at radius 2 is 1.82 bits per heavy atom. The van der Waals surface area contributed by atoms with Crippen LogP contribution in [0.15, 0.2) is 72.9 Å². The van der Waals surface area contributed by atoms with E-state index in [2.05, 4.69) is 22.0 Å². The SMILES string of the molecule is Cc1ccccc1OCC(O)CN(CCCOc1ccc(C(N)=O)cn1)Cc1ccccc1. The highest BCUT2D eigenvalue weighted by atomic mass is 16.5. The van der Waals surface area contributed by atoms with Gasteiger partial charge in [0.05, 0.1) is 12.2 Å². The highest BCUT2D eigenvalue weighted by Gasteiger charge is 2.14. The third-order valence-electron chi connectivity index (χ3n) is 5.13. The third kappa shape index (κ3) is 8.21. The van der Waals surface area contributed by atoms with Crippen LogP contribution in [0.1, 0.15) is 27.9 Å². The number of ether oxygens (including phenoxy) is 2. The van der Waals surface area contributed by atoms with Gasteiger partial charge in [-0.05, 0) is 36.6 Å². The molecule has 174 valence electrons. The van der Waals surface area contributed by atoms with Crippen molar-refractivity contribution in [3.63, 3.8) is 0 Å². The van der Waals surface area contributed by atoms with E-state index in [4.69, 9.17) is 15.2 Å². The van der Waals surface area contributed by atoms with Crippen molar-refractivity contribution < 1.29 is 19.4 Å². The first-order valence-electron chi connectivity index (χ1n) is 11.0. The highest BCUT2D eigenvalue weighted by molar-refractivity contribution is 5.92. The van der Waals surface area contributed by atoms with Gasteiger partial charge in [0.15, 0.2) is 0 Å². The average molecular weight is 450 g/mol. The number of primary amides is 1. The lowest BCUT2D eigenvalue weighted by molar-refractivity contribution is 0.0633. The lowest BCUT2D eigenvalue weighted by atomic mass is 10.2. The summed E-state index contributed by atoms with van der Waals surface area (Å²) in [4.78, 5) is 17.4. The van der Waals surface area contributed by atoms with Crippen molar-refractivity contribution in [1.29, 1.82) is 0 Å². The van der Waals surface area contributed by atoms with Gasteiger partial charge in [-0.15, -0.1) is 0 Å². The van der Waals surface area contributed by atoms with Crippen LogP contribution in [0.4, 0.5) is 0 Å². The van der Waals surface area contributed by atoms with Crippen LogP contribution in [0.5, 0.6) is 11.6 Å². The smallest absolute Gasteiger partial charge is 0.250 e. The van der Waals surface area contributed by atoms with Gasteiger partial charge in [-0.2, -0.15) is 0 Å². The summed E-state index contributed by atoms with van der Waals surface area (Å²) in [5.74, 6) is 0.714. The van der Waals surface area contributed by atoms with Gasteiger partial charge in [-0.1, -0.05) is 48.5 Å². The Bertz CT molecular complexity index is 996. The van der Waals surface area contributed by atoms with Crippen molar-refractivity contribution in [2.24, 2.45) is 5.73 Å². The number of aromatic nitrogens is 1. The molecule has 0 aliphatic heterocycles. The number of pyridine rings is 1. The van der Waals surface area contributed by atoms with Gasteiger partial charge in [0.2, 0.25) is 11.8 Å². The molecule has 3 aromatic rings. The van der Waals surface area contributed by atoms with Gasteiger partial charge in [-0.25, -0.2) is 4.98 Å². The lowest BCUT2D eigenvalue weighted by Crippen LogP contribution is -2.36. The van der Waals surface area contributed by atoms with Crippen LogP contribution in [0.25, 0.3) is 0 Å². The molecule has 0 saturated heterocycles.